The van der Waals surface area contributed by atoms with Crippen LogP contribution in [-0.4, -0.2) is 9.97 Å². The van der Waals surface area contributed by atoms with E-state index in [-0.39, 0.29) is 6.04 Å². The number of aromatic nitrogens is 2. The highest BCUT2D eigenvalue weighted by Crippen LogP contribution is 2.19. The number of H-pyrrole nitrogens is 1. The first-order chi connectivity index (χ1) is 8.35. The van der Waals surface area contributed by atoms with E-state index < -0.39 is 0 Å². The Morgan fingerprint density at radius 3 is 3.00 bits per heavy atom. The Labute approximate surface area is 101 Å². The van der Waals surface area contributed by atoms with Crippen molar-refractivity contribution in [1.82, 2.24) is 15.4 Å². The first-order valence-electron chi connectivity index (χ1n) is 5.89. The summed E-state index contributed by atoms with van der Waals surface area (Å²) in [6.45, 7) is 2.18. The molecule has 0 aliphatic heterocycles. The highest BCUT2D eigenvalue weighted by Gasteiger charge is 2.14. The largest absolute Gasteiger partial charge is 0.347 e. The van der Waals surface area contributed by atoms with Crippen LogP contribution in [0.1, 0.15) is 36.3 Å². The molecule has 1 atom stereocenters. The lowest BCUT2D eigenvalue weighted by Gasteiger charge is -2.14. The Bertz CT molecular complexity index is 450. The zero-order valence-corrected chi connectivity index (χ0v) is 9.98. The zero-order valence-electron chi connectivity index (χ0n) is 9.98. The van der Waals surface area contributed by atoms with Crippen LogP contribution in [0.2, 0.25) is 0 Å². The minimum atomic E-state index is -0.0817. The topological polar surface area (TPSA) is 66.7 Å². The lowest BCUT2D eigenvalue weighted by Crippen LogP contribution is -2.29. The Balaban J connectivity index is 2.28. The van der Waals surface area contributed by atoms with Gasteiger partial charge in [-0.05, 0) is 17.5 Å². The van der Waals surface area contributed by atoms with Gasteiger partial charge in [0, 0.05) is 12.4 Å². The molecule has 2 aromatic rings. The maximum Gasteiger partial charge on any atom is 0.129 e. The summed E-state index contributed by atoms with van der Waals surface area (Å²) in [6, 6.07) is 8.36. The fourth-order valence-electron chi connectivity index (χ4n) is 1.99. The lowest BCUT2D eigenvalue weighted by molar-refractivity contribution is 0.607. The van der Waals surface area contributed by atoms with Gasteiger partial charge in [-0.2, -0.15) is 0 Å². The van der Waals surface area contributed by atoms with Crippen LogP contribution in [0.3, 0.4) is 0 Å². The van der Waals surface area contributed by atoms with Crippen LogP contribution in [-0.2, 0) is 6.42 Å². The molecule has 0 radical (unpaired) electrons. The number of hydrazine groups is 1. The number of nitrogens with one attached hydrogen (secondary N) is 2. The average molecular weight is 230 g/mol. The predicted octanol–water partition coefficient (Wildman–Crippen LogP) is 1.91. The van der Waals surface area contributed by atoms with Crippen molar-refractivity contribution >= 4 is 0 Å². The molecule has 0 saturated heterocycles. The second-order valence-electron chi connectivity index (χ2n) is 4.07. The summed E-state index contributed by atoms with van der Waals surface area (Å²) in [6.07, 6.45) is 5.76. The summed E-state index contributed by atoms with van der Waals surface area (Å²) in [5.74, 6) is 6.44. The van der Waals surface area contributed by atoms with Gasteiger partial charge in [-0.25, -0.2) is 10.4 Å². The Morgan fingerprint density at radius 1 is 1.47 bits per heavy atom. The summed E-state index contributed by atoms with van der Waals surface area (Å²) in [4.78, 5) is 7.33. The van der Waals surface area contributed by atoms with E-state index in [1.165, 1.54) is 5.56 Å². The van der Waals surface area contributed by atoms with Gasteiger partial charge in [-0.1, -0.05) is 37.6 Å². The number of aryl methyl sites for hydroxylation is 1. The van der Waals surface area contributed by atoms with Gasteiger partial charge in [0.15, 0.2) is 0 Å². The van der Waals surface area contributed by atoms with Crippen LogP contribution in [0.4, 0.5) is 0 Å². The van der Waals surface area contributed by atoms with E-state index >= 15 is 0 Å². The van der Waals surface area contributed by atoms with Crippen molar-refractivity contribution in [3.63, 3.8) is 0 Å². The molecular formula is C13H18N4. The monoisotopic (exact) mass is 230 g/mol. The lowest BCUT2D eigenvalue weighted by atomic mass is 10.0. The standard InChI is InChI=1S/C13H18N4/c1-2-4-10-5-3-6-11(9-10)12(17-14)13-15-7-8-16-13/h3,5-9,12,17H,2,4,14H2,1H3,(H,15,16). The molecule has 0 fully saturated rings. The van der Waals surface area contributed by atoms with Crippen molar-refractivity contribution in [2.45, 2.75) is 25.8 Å². The molecule has 2 rings (SSSR count). The van der Waals surface area contributed by atoms with Gasteiger partial charge in [0.1, 0.15) is 11.9 Å². The van der Waals surface area contributed by atoms with Crippen molar-refractivity contribution in [3.05, 3.63) is 53.6 Å². The molecule has 4 N–H and O–H groups in total. The Morgan fingerprint density at radius 2 is 2.35 bits per heavy atom. The summed E-state index contributed by atoms with van der Waals surface area (Å²) < 4.78 is 0. The smallest absolute Gasteiger partial charge is 0.129 e. The van der Waals surface area contributed by atoms with Crippen LogP contribution >= 0.6 is 0 Å². The molecule has 0 bridgehead atoms. The highest BCUT2D eigenvalue weighted by atomic mass is 15.2. The summed E-state index contributed by atoms with van der Waals surface area (Å²) in [5.41, 5.74) is 5.26. The molecule has 0 saturated carbocycles. The second-order valence-corrected chi connectivity index (χ2v) is 4.07. The van der Waals surface area contributed by atoms with E-state index in [9.17, 15) is 0 Å². The first-order valence-corrected chi connectivity index (χ1v) is 5.89. The number of nitrogens with zero attached hydrogens (tertiary/aromatic N) is 1. The van der Waals surface area contributed by atoms with Crippen LogP contribution < -0.4 is 11.3 Å². The molecule has 1 aromatic heterocycles. The van der Waals surface area contributed by atoms with E-state index in [0.29, 0.717) is 0 Å². The zero-order chi connectivity index (χ0) is 12.1. The fourth-order valence-corrected chi connectivity index (χ4v) is 1.99. The van der Waals surface area contributed by atoms with Crippen molar-refractivity contribution < 1.29 is 0 Å². The summed E-state index contributed by atoms with van der Waals surface area (Å²) >= 11 is 0. The van der Waals surface area contributed by atoms with Crippen LogP contribution in [0, 0.1) is 0 Å². The second kappa shape index (κ2) is 5.61. The summed E-state index contributed by atoms with van der Waals surface area (Å²) in [7, 11) is 0. The van der Waals surface area contributed by atoms with Crippen molar-refractivity contribution in [3.8, 4) is 0 Å². The molecule has 4 nitrogen and oxygen atoms in total. The average Bonchev–Trinajstić information content (AvgIpc) is 2.85. The number of hydrogen-bond donors (Lipinski definition) is 3. The maximum atomic E-state index is 5.61. The van der Waals surface area contributed by atoms with Crippen LogP contribution in [0.25, 0.3) is 0 Å². The van der Waals surface area contributed by atoms with Gasteiger partial charge in [0.05, 0.1) is 0 Å². The summed E-state index contributed by atoms with van der Waals surface area (Å²) in [5, 5.41) is 0. The van der Waals surface area contributed by atoms with Crippen molar-refractivity contribution in [2.75, 3.05) is 0 Å². The molecule has 90 valence electrons. The quantitative estimate of drug-likeness (QED) is 0.543. The third kappa shape index (κ3) is 2.72. The minimum Gasteiger partial charge on any atom is -0.347 e. The molecule has 4 heteroatoms. The number of imidazole rings is 1. The van der Waals surface area contributed by atoms with Gasteiger partial charge >= 0.3 is 0 Å². The molecule has 17 heavy (non-hydrogen) atoms. The number of hydrogen-bond acceptors (Lipinski definition) is 3. The van der Waals surface area contributed by atoms with E-state index in [1.807, 2.05) is 0 Å². The van der Waals surface area contributed by atoms with E-state index in [0.717, 1.165) is 24.2 Å². The van der Waals surface area contributed by atoms with Gasteiger partial charge in [-0.15, -0.1) is 0 Å². The van der Waals surface area contributed by atoms with Gasteiger partial charge in [0.25, 0.3) is 0 Å². The minimum absolute atomic E-state index is 0.0817. The molecular weight excluding hydrogens is 212 g/mol. The normalized spacial score (nSPS) is 12.6. The molecule has 1 unspecified atom stereocenters. The molecule has 0 spiro atoms. The van der Waals surface area contributed by atoms with Gasteiger partial charge < -0.3 is 4.98 Å². The molecule has 1 aromatic carbocycles. The molecule has 0 aliphatic rings. The Hall–Kier alpha value is -1.65. The van der Waals surface area contributed by atoms with Gasteiger partial charge in [-0.3, -0.25) is 5.84 Å². The third-order valence-electron chi connectivity index (χ3n) is 2.78. The SMILES string of the molecule is CCCc1cccc(C(NN)c2ncc[nH]2)c1. The van der Waals surface area contributed by atoms with E-state index in [2.05, 4.69) is 46.6 Å². The Kier molecular flexibility index (Phi) is 3.90. The van der Waals surface area contributed by atoms with Gasteiger partial charge in [0.2, 0.25) is 0 Å². The molecule has 0 amide bonds. The first kappa shape index (κ1) is 11.8. The highest BCUT2D eigenvalue weighted by molar-refractivity contribution is 5.29. The van der Waals surface area contributed by atoms with E-state index in [4.69, 9.17) is 5.84 Å². The third-order valence-corrected chi connectivity index (χ3v) is 2.78. The van der Waals surface area contributed by atoms with E-state index in [1.54, 1.807) is 12.4 Å². The number of aromatic amines is 1. The number of benzene rings is 1. The number of rotatable bonds is 5. The number of nitrogens with two attached hydrogens (primary N) is 1. The fraction of sp³-hybridized carbons (Fsp3) is 0.308. The maximum absolute atomic E-state index is 5.61. The predicted molar refractivity (Wildman–Crippen MR) is 68.2 cm³/mol. The van der Waals surface area contributed by atoms with Crippen LogP contribution in [0.15, 0.2) is 36.7 Å². The van der Waals surface area contributed by atoms with Crippen molar-refractivity contribution in [2.24, 2.45) is 5.84 Å². The molecule has 0 aliphatic carbocycles. The van der Waals surface area contributed by atoms with Crippen molar-refractivity contribution in [1.29, 1.82) is 0 Å². The molecule has 1 heterocycles. The van der Waals surface area contributed by atoms with Crippen LogP contribution in [0.5, 0.6) is 0 Å².